The van der Waals surface area contributed by atoms with Gasteiger partial charge < -0.3 is 56.2 Å². The van der Waals surface area contributed by atoms with Crippen LogP contribution in [0.15, 0.2) is 214 Å². The third-order valence-corrected chi connectivity index (χ3v) is 16.4. The number of ether oxygens (including phenoxy) is 1. The average Bonchev–Trinajstić information content (AvgIpc) is 1.01. The number of piperazine rings is 1. The molecule has 0 unspecified atom stereocenters. The largest absolute Gasteiger partial charge is 0.378 e. The molecule has 6 amide bonds. The standard InChI is InChI=1S/C25H25BrN6O2.C24H22BrN5O3.C22H20BrN5O2/c1-31-12-14-32(15-13-31)23(27)17-6-8-18(9-7-17)24(33)29-21-5-3-2-4-20(21)25(34)30-22-11-10-19(26)16-28-22;25-18-9-10-21(27-15-18)29-24(32)19-3-1-2-4-20(19)28-23(31)17-7-5-16(6-8-17)22(26)30-11-13-33-14-12-30;1-28(2)20(24)14-7-9-15(10-8-14)21(29)26-18-6-4-3-5-17(18)22(30)27-19-12-11-16(23)13-25-19/h2-11,16,27H,12-15H2,1H3,(H,29,33)(H,28,30,34);1-10,15,26H,11-14H2,(H,28,31)(H,27,29,32);3-13,24H,1-2H3,(H,26,29)(H,25,27,30). The molecular formula is C71H67Br3N16O7. The highest BCUT2D eigenvalue weighted by Crippen LogP contribution is 2.24. The Kier molecular flexibility index (Phi) is 24.9. The van der Waals surface area contributed by atoms with Gasteiger partial charge in [0.2, 0.25) is 0 Å². The van der Waals surface area contributed by atoms with Crippen molar-refractivity contribution in [3.63, 3.8) is 0 Å². The molecule has 5 heterocycles. The Bertz CT molecular complexity index is 4300. The number of carbonyl (C=O) groups excluding carboxylic acids is 6. The van der Waals surface area contributed by atoms with Crippen LogP contribution in [0.3, 0.4) is 0 Å². The topological polar surface area (TPSA) is 307 Å². The Morgan fingerprint density at radius 1 is 0.381 bits per heavy atom. The van der Waals surface area contributed by atoms with Crippen LogP contribution in [-0.4, -0.2) is 161 Å². The van der Waals surface area contributed by atoms with Gasteiger partial charge in [-0.2, -0.15) is 0 Å². The summed E-state index contributed by atoms with van der Waals surface area (Å²) in [6.07, 6.45) is 4.77. The summed E-state index contributed by atoms with van der Waals surface area (Å²) in [5, 5.41) is 41.5. The number of pyridine rings is 3. The Hall–Kier alpha value is -10.6. The second kappa shape index (κ2) is 34.2. The van der Waals surface area contributed by atoms with Crippen molar-refractivity contribution in [3.05, 3.63) is 264 Å². The van der Waals surface area contributed by atoms with E-state index in [1.54, 1.807) is 220 Å². The summed E-state index contributed by atoms with van der Waals surface area (Å²) in [5.41, 5.74) is 5.65. The van der Waals surface area contributed by atoms with Crippen molar-refractivity contribution in [2.45, 2.75) is 0 Å². The van der Waals surface area contributed by atoms with E-state index >= 15 is 0 Å². The third kappa shape index (κ3) is 20.0. The zero-order valence-corrected chi connectivity index (χ0v) is 57.6. The summed E-state index contributed by atoms with van der Waals surface area (Å²) >= 11 is 9.92. The molecule has 23 nitrogen and oxygen atoms in total. The molecule has 97 heavy (non-hydrogen) atoms. The van der Waals surface area contributed by atoms with E-state index in [0.29, 0.717) is 117 Å². The van der Waals surface area contributed by atoms with Crippen molar-refractivity contribution in [1.82, 2.24) is 34.6 Å². The number of amides is 6. The summed E-state index contributed by atoms with van der Waals surface area (Å²) in [7, 11) is 5.65. The number of hydrogen-bond acceptors (Lipinski definition) is 14. The van der Waals surface area contributed by atoms with Gasteiger partial charge >= 0.3 is 0 Å². The van der Waals surface area contributed by atoms with Gasteiger partial charge in [-0.05, 0) is 164 Å². The smallest absolute Gasteiger partial charge is 0.258 e. The molecule has 2 saturated heterocycles. The van der Waals surface area contributed by atoms with Crippen LogP contribution in [0.5, 0.6) is 0 Å². The molecule has 2 aliphatic rings. The number of benzene rings is 6. The molecule has 11 rings (SSSR count). The fraction of sp³-hybridized carbons (Fsp3) is 0.155. The van der Waals surface area contributed by atoms with Crippen LogP contribution in [-0.2, 0) is 4.74 Å². The summed E-state index contributed by atoms with van der Waals surface area (Å²) in [5.74, 6) is 0.287. The number of rotatable bonds is 15. The first-order valence-electron chi connectivity index (χ1n) is 30.3. The fourth-order valence-corrected chi connectivity index (χ4v) is 10.3. The minimum absolute atomic E-state index is 0.321. The lowest BCUT2D eigenvalue weighted by molar-refractivity contribution is 0.0680. The molecule has 9 N–H and O–H groups in total. The number of likely N-dealkylation sites (N-methyl/N-ethyl adjacent to an activating group) is 1. The van der Waals surface area contributed by atoms with Gasteiger partial charge in [0.05, 0.1) is 47.0 Å². The van der Waals surface area contributed by atoms with Crippen molar-refractivity contribution >= 4 is 135 Å². The molecule has 0 saturated carbocycles. The first-order chi connectivity index (χ1) is 46.8. The normalized spacial score (nSPS) is 12.6. The molecule has 3 aromatic heterocycles. The average molecular weight is 1500 g/mol. The molecular weight excluding hydrogens is 1430 g/mol. The van der Waals surface area contributed by atoms with Crippen molar-refractivity contribution < 1.29 is 33.5 Å². The fourth-order valence-electron chi connectivity index (χ4n) is 9.63. The lowest BCUT2D eigenvalue weighted by Crippen LogP contribution is -2.47. The molecule has 0 atom stereocenters. The van der Waals surface area contributed by atoms with Crippen molar-refractivity contribution in [2.24, 2.45) is 0 Å². The highest BCUT2D eigenvalue weighted by atomic mass is 79.9. The molecule has 0 spiro atoms. The number of nitrogens with one attached hydrogen (secondary N) is 9. The molecule has 0 bridgehead atoms. The van der Waals surface area contributed by atoms with Gasteiger partial charge in [-0.15, -0.1) is 0 Å². The van der Waals surface area contributed by atoms with E-state index < -0.39 is 0 Å². The van der Waals surface area contributed by atoms with Crippen LogP contribution in [0.4, 0.5) is 34.5 Å². The molecule has 2 fully saturated rings. The number of aromatic nitrogens is 3. The first kappa shape index (κ1) is 70.7. The molecule has 2 aliphatic heterocycles. The molecule has 9 aromatic rings. The molecule has 6 aromatic carbocycles. The van der Waals surface area contributed by atoms with Gasteiger partial charge in [-0.1, -0.05) is 72.8 Å². The minimum Gasteiger partial charge on any atom is -0.378 e. The predicted molar refractivity (Wildman–Crippen MR) is 388 cm³/mol. The Morgan fingerprint density at radius 2 is 0.680 bits per heavy atom. The van der Waals surface area contributed by atoms with Gasteiger partial charge in [0.15, 0.2) is 0 Å². The van der Waals surface area contributed by atoms with E-state index in [4.69, 9.17) is 21.0 Å². The summed E-state index contributed by atoms with van der Waals surface area (Å²) in [6, 6.07) is 51.3. The predicted octanol–water partition coefficient (Wildman–Crippen LogP) is 12.2. The quantitative estimate of drug-likeness (QED) is 0.0341. The monoisotopic (exact) mass is 1490 g/mol. The van der Waals surface area contributed by atoms with E-state index in [1.165, 1.54) is 0 Å². The zero-order valence-electron chi connectivity index (χ0n) is 52.8. The highest BCUT2D eigenvalue weighted by Gasteiger charge is 2.22. The second-order valence-corrected chi connectivity index (χ2v) is 24.8. The molecule has 26 heteroatoms. The van der Waals surface area contributed by atoms with Gasteiger partial charge in [0.25, 0.3) is 35.4 Å². The first-order valence-corrected chi connectivity index (χ1v) is 32.6. The number of nitrogens with zero attached hydrogens (tertiary/aromatic N) is 7. The van der Waals surface area contributed by atoms with Crippen LogP contribution in [0.25, 0.3) is 0 Å². The maximum absolute atomic E-state index is 12.9. The number of hydrogen-bond donors (Lipinski definition) is 9. The number of anilines is 6. The molecule has 0 radical (unpaired) electrons. The lowest BCUT2D eigenvalue weighted by atomic mass is 10.1. The van der Waals surface area contributed by atoms with Crippen LogP contribution in [0.2, 0.25) is 0 Å². The Morgan fingerprint density at radius 3 is 0.990 bits per heavy atom. The van der Waals surface area contributed by atoms with E-state index in [1.807, 2.05) is 9.80 Å². The minimum atomic E-state index is -0.380. The summed E-state index contributed by atoms with van der Waals surface area (Å²) in [4.78, 5) is 96.9. The van der Waals surface area contributed by atoms with Gasteiger partial charge in [-0.3, -0.25) is 45.0 Å². The van der Waals surface area contributed by atoms with Crippen molar-refractivity contribution in [3.8, 4) is 0 Å². The maximum atomic E-state index is 12.9. The number of amidine groups is 3. The van der Waals surface area contributed by atoms with E-state index in [9.17, 15) is 28.8 Å². The van der Waals surface area contributed by atoms with Gasteiger partial charge in [0.1, 0.15) is 35.0 Å². The van der Waals surface area contributed by atoms with E-state index in [0.717, 1.165) is 50.7 Å². The lowest BCUT2D eigenvalue weighted by Gasteiger charge is -2.34. The second-order valence-electron chi connectivity index (χ2n) is 22.0. The Balaban J connectivity index is 0.000000171. The summed E-state index contributed by atoms with van der Waals surface area (Å²) < 4.78 is 7.75. The van der Waals surface area contributed by atoms with Crippen LogP contribution >= 0.6 is 47.8 Å². The van der Waals surface area contributed by atoms with Crippen molar-refractivity contribution in [1.29, 1.82) is 16.2 Å². The van der Waals surface area contributed by atoms with Crippen LogP contribution in [0.1, 0.15) is 78.8 Å². The zero-order chi connectivity index (χ0) is 69.0. The number of para-hydroxylation sites is 3. The third-order valence-electron chi connectivity index (χ3n) is 15.0. The maximum Gasteiger partial charge on any atom is 0.258 e. The molecule has 0 aliphatic carbocycles. The highest BCUT2D eigenvalue weighted by molar-refractivity contribution is 9.11. The summed E-state index contributed by atoms with van der Waals surface area (Å²) in [6.45, 7) is 6.03. The number of morpholine rings is 1. The van der Waals surface area contributed by atoms with Gasteiger partial charge in [-0.25, -0.2) is 15.0 Å². The van der Waals surface area contributed by atoms with Crippen molar-refractivity contribution in [2.75, 3.05) is 106 Å². The Labute approximate surface area is 585 Å². The van der Waals surface area contributed by atoms with Gasteiger partial charge in [0, 0.05) is 119 Å². The molecule has 494 valence electrons. The number of carbonyl (C=O) groups is 6. The van der Waals surface area contributed by atoms with E-state index in [-0.39, 0.29) is 35.4 Å². The van der Waals surface area contributed by atoms with Crippen LogP contribution < -0.4 is 31.9 Å². The SMILES string of the molecule is CN(C)C(=N)c1ccc(C(=O)Nc2ccccc2C(=O)Nc2ccc(Br)cn2)cc1.CN1CCN(C(=N)c2ccc(C(=O)Nc3ccccc3C(=O)Nc3ccc(Br)cn3)cc2)CC1.N=C(c1ccc(C(=O)Nc2ccccc2C(=O)Nc2ccc(Br)cn2)cc1)N1CCOCC1. The van der Waals surface area contributed by atoms with E-state index in [2.05, 4.69) is 107 Å². The van der Waals surface area contributed by atoms with Crippen LogP contribution in [0, 0.1) is 16.2 Å². The number of halogens is 3.